The van der Waals surface area contributed by atoms with Crippen molar-refractivity contribution in [1.29, 1.82) is 0 Å². The first kappa shape index (κ1) is 17.9. The van der Waals surface area contributed by atoms with Gasteiger partial charge in [0.25, 0.3) is 0 Å². The molecule has 1 heterocycles. The summed E-state index contributed by atoms with van der Waals surface area (Å²) in [5.74, 6) is -0.140. The van der Waals surface area contributed by atoms with E-state index < -0.39 is 12.6 Å². The van der Waals surface area contributed by atoms with Crippen molar-refractivity contribution in [3.8, 4) is 11.5 Å². The minimum Gasteiger partial charge on any atom is -0.493 e. The molecule has 0 aliphatic carbocycles. The predicted molar refractivity (Wildman–Crippen MR) is 104 cm³/mol. The SMILES string of the molecule is COc1cc(C=Cc2nc3cc(C)c(C)cc3s2)ccc1OCC(=O)O. The second-order valence-corrected chi connectivity index (χ2v) is 6.94. The number of rotatable bonds is 6. The maximum absolute atomic E-state index is 10.6. The van der Waals surface area contributed by atoms with Crippen molar-refractivity contribution in [3.05, 3.63) is 52.0 Å². The fraction of sp³-hybridized carbons (Fsp3) is 0.200. The number of aryl methyl sites for hydroxylation is 2. The third-order valence-corrected chi connectivity index (χ3v) is 4.96. The van der Waals surface area contributed by atoms with Crippen LogP contribution in [0.1, 0.15) is 21.7 Å². The van der Waals surface area contributed by atoms with Gasteiger partial charge in [0.1, 0.15) is 5.01 Å². The summed E-state index contributed by atoms with van der Waals surface area (Å²) >= 11 is 1.64. The van der Waals surface area contributed by atoms with E-state index in [4.69, 9.17) is 14.6 Å². The van der Waals surface area contributed by atoms with Gasteiger partial charge in [0, 0.05) is 0 Å². The lowest BCUT2D eigenvalue weighted by atomic mass is 10.1. The molecule has 0 saturated heterocycles. The molecule has 26 heavy (non-hydrogen) atoms. The quantitative estimate of drug-likeness (QED) is 0.690. The Morgan fingerprint density at radius 2 is 1.92 bits per heavy atom. The second-order valence-electron chi connectivity index (χ2n) is 5.88. The maximum atomic E-state index is 10.6. The summed E-state index contributed by atoms with van der Waals surface area (Å²) in [5, 5.41) is 9.64. The summed E-state index contributed by atoms with van der Waals surface area (Å²) in [6.07, 6.45) is 3.91. The Hall–Kier alpha value is -2.86. The molecule has 0 spiro atoms. The van der Waals surface area contributed by atoms with E-state index in [1.807, 2.05) is 18.2 Å². The molecule has 0 unspecified atom stereocenters. The van der Waals surface area contributed by atoms with Crippen LogP contribution in [-0.2, 0) is 4.79 Å². The number of aromatic nitrogens is 1. The number of benzene rings is 2. The Morgan fingerprint density at radius 3 is 2.65 bits per heavy atom. The molecular weight excluding hydrogens is 350 g/mol. The number of methoxy groups -OCH3 is 1. The first-order valence-electron chi connectivity index (χ1n) is 8.05. The van der Waals surface area contributed by atoms with Gasteiger partial charge in [0.15, 0.2) is 18.1 Å². The number of fused-ring (bicyclic) bond motifs is 1. The van der Waals surface area contributed by atoms with Crippen molar-refractivity contribution in [1.82, 2.24) is 4.98 Å². The first-order chi connectivity index (χ1) is 12.5. The fourth-order valence-corrected chi connectivity index (χ4v) is 3.43. The van der Waals surface area contributed by atoms with E-state index in [9.17, 15) is 4.79 Å². The van der Waals surface area contributed by atoms with Gasteiger partial charge < -0.3 is 14.6 Å². The molecule has 0 radical (unpaired) electrons. The van der Waals surface area contributed by atoms with Crippen LogP contribution in [0.2, 0.25) is 0 Å². The third kappa shape index (κ3) is 4.03. The van der Waals surface area contributed by atoms with E-state index in [1.54, 1.807) is 23.5 Å². The summed E-state index contributed by atoms with van der Waals surface area (Å²) < 4.78 is 11.7. The zero-order valence-electron chi connectivity index (χ0n) is 14.8. The van der Waals surface area contributed by atoms with Gasteiger partial charge in [0.05, 0.1) is 17.3 Å². The third-order valence-electron chi connectivity index (χ3n) is 3.98. The van der Waals surface area contributed by atoms with E-state index in [0.29, 0.717) is 11.5 Å². The number of carbonyl (C=O) groups is 1. The molecule has 0 aliphatic heterocycles. The zero-order chi connectivity index (χ0) is 18.7. The molecule has 0 saturated carbocycles. The van der Waals surface area contributed by atoms with Crippen LogP contribution in [0.5, 0.6) is 11.5 Å². The van der Waals surface area contributed by atoms with Gasteiger partial charge in [-0.2, -0.15) is 0 Å². The summed E-state index contributed by atoms with van der Waals surface area (Å²) in [4.78, 5) is 15.3. The number of carboxylic acid groups (broad SMARTS) is 1. The lowest BCUT2D eigenvalue weighted by Gasteiger charge is -2.09. The van der Waals surface area contributed by atoms with Crippen molar-refractivity contribution < 1.29 is 19.4 Å². The molecule has 3 rings (SSSR count). The summed E-state index contributed by atoms with van der Waals surface area (Å²) in [7, 11) is 1.52. The van der Waals surface area contributed by atoms with E-state index in [2.05, 4.69) is 31.0 Å². The van der Waals surface area contributed by atoms with Crippen molar-refractivity contribution in [2.45, 2.75) is 13.8 Å². The lowest BCUT2D eigenvalue weighted by Crippen LogP contribution is -2.10. The Morgan fingerprint density at radius 1 is 1.15 bits per heavy atom. The summed E-state index contributed by atoms with van der Waals surface area (Å²) in [6, 6.07) is 9.62. The largest absolute Gasteiger partial charge is 0.493 e. The van der Waals surface area contributed by atoms with Crippen molar-refractivity contribution in [2.24, 2.45) is 0 Å². The number of aliphatic carboxylic acids is 1. The van der Waals surface area contributed by atoms with Crippen LogP contribution in [-0.4, -0.2) is 29.8 Å². The van der Waals surface area contributed by atoms with E-state index in [0.717, 1.165) is 16.1 Å². The molecule has 2 aromatic carbocycles. The highest BCUT2D eigenvalue weighted by atomic mass is 32.1. The second kappa shape index (κ2) is 7.58. The van der Waals surface area contributed by atoms with Gasteiger partial charge >= 0.3 is 5.97 Å². The first-order valence-corrected chi connectivity index (χ1v) is 8.86. The average molecular weight is 369 g/mol. The summed E-state index contributed by atoms with van der Waals surface area (Å²) in [6.45, 7) is 3.78. The lowest BCUT2D eigenvalue weighted by molar-refractivity contribution is -0.139. The molecule has 6 heteroatoms. The highest BCUT2D eigenvalue weighted by Gasteiger charge is 2.08. The summed E-state index contributed by atoms with van der Waals surface area (Å²) in [5.41, 5.74) is 4.42. The molecule has 5 nitrogen and oxygen atoms in total. The number of thiazole rings is 1. The monoisotopic (exact) mass is 369 g/mol. The Labute approximate surface area is 155 Å². The molecule has 0 fully saturated rings. The fourth-order valence-electron chi connectivity index (χ4n) is 2.48. The highest BCUT2D eigenvalue weighted by Crippen LogP contribution is 2.30. The normalized spacial score (nSPS) is 11.2. The Balaban J connectivity index is 1.82. The van der Waals surface area contributed by atoms with Crippen molar-refractivity contribution in [3.63, 3.8) is 0 Å². The van der Waals surface area contributed by atoms with E-state index in [1.165, 1.54) is 22.9 Å². The average Bonchev–Trinajstić information content (AvgIpc) is 3.00. The van der Waals surface area contributed by atoms with Crippen LogP contribution in [0, 0.1) is 13.8 Å². The Bertz CT molecular complexity index is 952. The van der Waals surface area contributed by atoms with Gasteiger partial charge in [-0.3, -0.25) is 0 Å². The Kier molecular flexibility index (Phi) is 5.23. The molecule has 1 N–H and O–H groups in total. The van der Waals surface area contributed by atoms with Crippen LogP contribution in [0.15, 0.2) is 30.3 Å². The zero-order valence-corrected chi connectivity index (χ0v) is 15.6. The van der Waals surface area contributed by atoms with E-state index >= 15 is 0 Å². The van der Waals surface area contributed by atoms with Gasteiger partial charge in [-0.25, -0.2) is 9.78 Å². The molecule has 0 bridgehead atoms. The van der Waals surface area contributed by atoms with Gasteiger partial charge in [-0.15, -0.1) is 11.3 Å². The van der Waals surface area contributed by atoms with Gasteiger partial charge in [0.2, 0.25) is 0 Å². The van der Waals surface area contributed by atoms with Crippen LogP contribution in [0.4, 0.5) is 0 Å². The maximum Gasteiger partial charge on any atom is 0.341 e. The number of ether oxygens (including phenoxy) is 2. The molecule has 0 amide bonds. The van der Waals surface area contributed by atoms with Crippen molar-refractivity contribution in [2.75, 3.05) is 13.7 Å². The minimum absolute atomic E-state index is 0.401. The molecule has 0 aliphatic rings. The molecule has 134 valence electrons. The molecule has 0 atom stereocenters. The number of hydrogen-bond acceptors (Lipinski definition) is 5. The van der Waals surface area contributed by atoms with Crippen LogP contribution in [0.3, 0.4) is 0 Å². The van der Waals surface area contributed by atoms with Crippen LogP contribution >= 0.6 is 11.3 Å². The highest BCUT2D eigenvalue weighted by molar-refractivity contribution is 7.19. The number of nitrogens with zero attached hydrogens (tertiary/aromatic N) is 1. The van der Waals surface area contributed by atoms with E-state index in [-0.39, 0.29) is 0 Å². The number of hydrogen-bond donors (Lipinski definition) is 1. The van der Waals surface area contributed by atoms with Crippen LogP contribution in [0.25, 0.3) is 22.4 Å². The van der Waals surface area contributed by atoms with Crippen LogP contribution < -0.4 is 9.47 Å². The van der Waals surface area contributed by atoms with Crippen molar-refractivity contribution >= 4 is 39.7 Å². The standard InChI is InChI=1S/C20H19NO4S/c1-12-8-15-18(9-13(12)2)26-19(21-15)7-5-14-4-6-16(17(10-14)24-3)25-11-20(22)23/h4-10H,11H2,1-3H3,(H,22,23). The predicted octanol–water partition coefficient (Wildman–Crippen LogP) is 4.56. The van der Waals surface area contributed by atoms with Gasteiger partial charge in [-0.1, -0.05) is 12.1 Å². The molecular formula is C20H19NO4S. The smallest absolute Gasteiger partial charge is 0.341 e. The van der Waals surface area contributed by atoms with Gasteiger partial charge in [-0.05, 0) is 60.9 Å². The topological polar surface area (TPSA) is 68.7 Å². The molecule has 1 aromatic heterocycles. The number of carboxylic acids is 1. The minimum atomic E-state index is -1.03. The molecule has 3 aromatic rings.